The molecule has 2 aromatic heterocycles. The summed E-state index contributed by atoms with van der Waals surface area (Å²) in [7, 11) is 1.52. The Hall–Kier alpha value is -2.90. The van der Waals surface area contributed by atoms with Crippen molar-refractivity contribution < 1.29 is 10.6 Å². The van der Waals surface area contributed by atoms with Crippen LogP contribution in [-0.4, -0.2) is 24.9 Å². The molecule has 124 valence electrons. The Morgan fingerprint density at radius 3 is 2.92 bits per heavy atom. The van der Waals surface area contributed by atoms with E-state index in [1.54, 1.807) is 18.2 Å². The molecule has 8 heteroatoms. The first-order chi connectivity index (χ1) is 12.0. The van der Waals surface area contributed by atoms with Gasteiger partial charge in [-0.2, -0.15) is 4.68 Å². The third-order valence-corrected chi connectivity index (χ3v) is 4.07. The smallest absolute Gasteiger partial charge is 0.370 e. The average molecular weight is 329 g/mol. The van der Waals surface area contributed by atoms with Crippen LogP contribution in [-0.2, 0) is 13.7 Å². The van der Waals surface area contributed by atoms with Crippen LogP contribution in [0.15, 0.2) is 33.6 Å². The van der Waals surface area contributed by atoms with Gasteiger partial charge in [-0.3, -0.25) is 0 Å². The first-order valence-electron chi connectivity index (χ1n) is 8.22. The van der Waals surface area contributed by atoms with Gasteiger partial charge in [0.05, 0.1) is 12.6 Å². The van der Waals surface area contributed by atoms with E-state index in [4.69, 9.17) is 10.6 Å². The molecular formula is C16H17N5O3. The van der Waals surface area contributed by atoms with Gasteiger partial charge in [0.2, 0.25) is 0 Å². The van der Waals surface area contributed by atoms with Crippen molar-refractivity contribution in [2.45, 2.75) is 32.3 Å². The van der Waals surface area contributed by atoms with E-state index in [9.17, 15) is 4.79 Å². The summed E-state index contributed by atoms with van der Waals surface area (Å²) in [5.74, 6) is 1.26. The molecule has 8 nitrogen and oxygen atoms in total. The lowest BCUT2D eigenvalue weighted by atomic mass is 10.1. The molecule has 3 aromatic rings. The molecule has 1 aromatic carbocycles. The topological polar surface area (TPSA) is 88.0 Å². The lowest BCUT2D eigenvalue weighted by molar-refractivity contribution is 0.300. The zero-order chi connectivity index (χ0) is 17.6. The maximum atomic E-state index is 12.1. The second kappa shape index (κ2) is 5.63. The van der Waals surface area contributed by atoms with Gasteiger partial charge < -0.3 is 9.26 Å². The van der Waals surface area contributed by atoms with E-state index >= 15 is 0 Å². The van der Waals surface area contributed by atoms with Crippen LogP contribution < -0.4 is 10.4 Å². The van der Waals surface area contributed by atoms with E-state index in [-0.39, 0.29) is 12.5 Å². The standard InChI is InChI=1S/C16H17N5O3/c1-10-5-3-4-6-13(10)23-9-12-14(11-7-8-11)17-24-15(12)21-16(22)20(2)18-19-21/h3-6,11H,7-9H2,1-2H3/i3T. The fraction of sp³-hybridized carbons (Fsp3) is 0.375. The fourth-order valence-corrected chi connectivity index (χ4v) is 2.54. The Kier molecular flexibility index (Phi) is 3.17. The number of hydrogen-bond donors (Lipinski definition) is 0. The number of aromatic nitrogens is 5. The van der Waals surface area contributed by atoms with Crippen molar-refractivity contribution in [2.24, 2.45) is 7.05 Å². The molecule has 0 spiro atoms. The second-order valence-corrected chi connectivity index (χ2v) is 5.90. The zero-order valence-electron chi connectivity index (χ0n) is 14.4. The summed E-state index contributed by atoms with van der Waals surface area (Å²) in [6.45, 7) is 2.09. The minimum atomic E-state index is -0.408. The molecule has 0 bridgehead atoms. The zero-order valence-corrected chi connectivity index (χ0v) is 13.4. The third-order valence-electron chi connectivity index (χ3n) is 4.07. The molecule has 0 unspecified atom stereocenters. The van der Waals surface area contributed by atoms with Crippen molar-refractivity contribution in [1.29, 1.82) is 0 Å². The number of aryl methyl sites for hydroxylation is 2. The molecule has 2 heterocycles. The van der Waals surface area contributed by atoms with Crippen LogP contribution in [0.2, 0.25) is 0 Å². The Morgan fingerprint density at radius 2 is 2.25 bits per heavy atom. The van der Waals surface area contributed by atoms with Gasteiger partial charge in [-0.05, 0) is 41.8 Å². The van der Waals surface area contributed by atoms with Crippen LogP contribution in [0, 0.1) is 6.92 Å². The summed E-state index contributed by atoms with van der Waals surface area (Å²) >= 11 is 0. The highest BCUT2D eigenvalue weighted by Gasteiger charge is 2.33. The maximum Gasteiger partial charge on any atom is 0.370 e. The lowest BCUT2D eigenvalue weighted by Gasteiger charge is -2.09. The van der Waals surface area contributed by atoms with Gasteiger partial charge in [-0.1, -0.05) is 23.3 Å². The number of benzene rings is 1. The Labute approximate surface area is 139 Å². The molecule has 0 amide bonds. The number of nitrogens with zero attached hydrogens (tertiary/aromatic N) is 5. The van der Waals surface area contributed by atoms with Gasteiger partial charge in [-0.15, -0.1) is 4.68 Å². The summed E-state index contributed by atoms with van der Waals surface area (Å²) < 4.78 is 21.2. The molecule has 4 rings (SSSR count). The molecule has 0 atom stereocenters. The van der Waals surface area contributed by atoms with Crippen LogP contribution in [0.3, 0.4) is 0 Å². The van der Waals surface area contributed by atoms with E-state index < -0.39 is 5.69 Å². The summed E-state index contributed by atoms with van der Waals surface area (Å²) in [6, 6.07) is 5.60. The molecule has 0 N–H and O–H groups in total. The molecule has 1 fully saturated rings. The van der Waals surface area contributed by atoms with E-state index in [1.807, 2.05) is 6.92 Å². The van der Waals surface area contributed by atoms with Gasteiger partial charge in [0, 0.05) is 13.0 Å². The number of ether oxygens (including phenoxy) is 1. The Bertz CT molecular complexity index is 986. The number of hydrogen-bond acceptors (Lipinski definition) is 6. The van der Waals surface area contributed by atoms with Crippen LogP contribution >= 0.6 is 0 Å². The maximum absolute atomic E-state index is 12.1. The van der Waals surface area contributed by atoms with E-state index in [1.165, 1.54) is 7.05 Å². The predicted molar refractivity (Wildman–Crippen MR) is 84.1 cm³/mol. The van der Waals surface area contributed by atoms with Gasteiger partial charge in [-0.25, -0.2) is 4.79 Å². The Balaban J connectivity index is 1.69. The summed E-state index contributed by atoms with van der Waals surface area (Å²) in [5, 5.41) is 11.7. The predicted octanol–water partition coefficient (Wildman–Crippen LogP) is 1.72. The molecule has 0 radical (unpaired) electrons. The molecule has 1 aliphatic rings. The van der Waals surface area contributed by atoms with Crippen molar-refractivity contribution in [3.05, 3.63) is 51.5 Å². The van der Waals surface area contributed by atoms with E-state index in [0.29, 0.717) is 23.3 Å². The summed E-state index contributed by atoms with van der Waals surface area (Å²) in [6.07, 6.45) is 2.09. The van der Waals surface area contributed by atoms with Crippen molar-refractivity contribution in [3.63, 3.8) is 0 Å². The van der Waals surface area contributed by atoms with Crippen LogP contribution in [0.25, 0.3) is 5.88 Å². The fourth-order valence-electron chi connectivity index (χ4n) is 2.54. The normalized spacial score (nSPS) is 14.7. The minimum Gasteiger partial charge on any atom is -0.488 e. The van der Waals surface area contributed by atoms with Crippen molar-refractivity contribution in [3.8, 4) is 11.6 Å². The second-order valence-electron chi connectivity index (χ2n) is 5.90. The number of tetrazole rings is 1. The molecular weight excluding hydrogens is 310 g/mol. The monoisotopic (exact) mass is 329 g/mol. The first-order valence-corrected chi connectivity index (χ1v) is 7.72. The summed E-state index contributed by atoms with van der Waals surface area (Å²) in [4.78, 5) is 12.1. The molecule has 1 aliphatic carbocycles. The average Bonchev–Trinajstić information content (AvgIpc) is 3.27. The van der Waals surface area contributed by atoms with Gasteiger partial charge in [0.15, 0.2) is 0 Å². The highest BCUT2D eigenvalue weighted by Crippen LogP contribution is 2.42. The molecule has 0 saturated heterocycles. The summed E-state index contributed by atoms with van der Waals surface area (Å²) in [5.41, 5.74) is 1.98. The number of rotatable bonds is 5. The van der Waals surface area contributed by atoms with Crippen molar-refractivity contribution in [1.82, 2.24) is 24.9 Å². The quantitative estimate of drug-likeness (QED) is 0.708. The van der Waals surface area contributed by atoms with Crippen molar-refractivity contribution in [2.75, 3.05) is 0 Å². The highest BCUT2D eigenvalue weighted by molar-refractivity contribution is 5.38. The van der Waals surface area contributed by atoms with Crippen molar-refractivity contribution >= 4 is 0 Å². The molecule has 1 saturated carbocycles. The van der Waals surface area contributed by atoms with Crippen LogP contribution in [0.4, 0.5) is 0 Å². The molecule has 0 aliphatic heterocycles. The van der Waals surface area contributed by atoms with Crippen LogP contribution in [0.1, 0.15) is 37.0 Å². The van der Waals surface area contributed by atoms with E-state index in [0.717, 1.165) is 33.5 Å². The Morgan fingerprint density at radius 1 is 1.42 bits per heavy atom. The van der Waals surface area contributed by atoms with Gasteiger partial charge in [0.1, 0.15) is 12.4 Å². The SMILES string of the molecule is [3H]c1ccc(OCc2c(C3CC3)noc2-n2nnn(C)c2=O)c(C)c1. The van der Waals surface area contributed by atoms with Gasteiger partial charge >= 0.3 is 5.69 Å². The van der Waals surface area contributed by atoms with Crippen LogP contribution in [0.5, 0.6) is 5.75 Å². The van der Waals surface area contributed by atoms with E-state index in [2.05, 4.69) is 15.6 Å². The van der Waals surface area contributed by atoms with Gasteiger partial charge in [0.25, 0.3) is 5.88 Å². The highest BCUT2D eigenvalue weighted by atomic mass is 16.5. The largest absolute Gasteiger partial charge is 0.488 e. The lowest BCUT2D eigenvalue weighted by Crippen LogP contribution is -2.22. The third kappa shape index (κ3) is 2.49. The molecule has 24 heavy (non-hydrogen) atoms. The number of para-hydroxylation sites is 1. The first kappa shape index (κ1) is 13.5. The minimum absolute atomic E-state index is 0.200.